The Labute approximate surface area is 201 Å². The number of aromatic nitrogens is 1. The minimum Gasteiger partial charge on any atom is -0.388 e. The number of hydrogen-bond donors (Lipinski definition) is 4. The molecule has 1 aromatic carbocycles. The van der Waals surface area contributed by atoms with E-state index in [1.807, 2.05) is 24.3 Å². The predicted octanol–water partition coefficient (Wildman–Crippen LogP) is 3.80. The highest BCUT2D eigenvalue weighted by Gasteiger charge is 2.29. The average Bonchev–Trinajstić information content (AvgIpc) is 2.86. The average molecular weight is 473 g/mol. The van der Waals surface area contributed by atoms with E-state index < -0.39 is 5.60 Å². The van der Waals surface area contributed by atoms with Gasteiger partial charge in [0.2, 0.25) is 0 Å². The Kier molecular flexibility index (Phi) is 8.72. The quantitative estimate of drug-likeness (QED) is 0.391. The molecule has 4 rings (SSSR count). The van der Waals surface area contributed by atoms with Crippen molar-refractivity contribution in [1.29, 1.82) is 0 Å². The fourth-order valence-corrected chi connectivity index (χ4v) is 4.75. The molecule has 0 radical (unpaired) electrons. The molecular formula is C26H37FN4O3. The Morgan fingerprint density at radius 1 is 1.15 bits per heavy atom. The number of nitrogens with one attached hydrogen (secondary N) is 3. The minimum absolute atomic E-state index is 0.333. The molecule has 0 spiro atoms. The summed E-state index contributed by atoms with van der Waals surface area (Å²) < 4.78 is 25.2. The van der Waals surface area contributed by atoms with Crippen molar-refractivity contribution in [2.75, 3.05) is 50.7 Å². The molecular weight excluding hydrogens is 435 g/mol. The number of ether oxygens (including phenoxy) is 2. The van der Waals surface area contributed by atoms with Crippen molar-refractivity contribution >= 4 is 11.5 Å². The molecule has 4 N–H and O–H groups in total. The summed E-state index contributed by atoms with van der Waals surface area (Å²) in [4.78, 5) is 4.29. The Morgan fingerprint density at radius 3 is 2.68 bits per heavy atom. The van der Waals surface area contributed by atoms with Gasteiger partial charge >= 0.3 is 0 Å². The standard InChI is InChI=1S/C26H37FN4O3/c1-33-14-11-28-20-5-7-21(8-6-20)31-25-16-23(24(27)17-29-25)19-3-2-4-22(15-19)30-18-26(32)9-12-34-13-10-26/h2-4,15-17,20-21,28,30,32H,5-14,18H2,1H3,(H,29,31). The van der Waals surface area contributed by atoms with Crippen LogP contribution in [0.3, 0.4) is 0 Å². The Bertz CT molecular complexity index is 915. The topological polar surface area (TPSA) is 87.7 Å². The van der Waals surface area contributed by atoms with E-state index in [1.54, 1.807) is 13.2 Å². The summed E-state index contributed by atoms with van der Waals surface area (Å²) in [7, 11) is 1.72. The van der Waals surface area contributed by atoms with E-state index in [-0.39, 0.29) is 5.82 Å². The van der Waals surface area contributed by atoms with Gasteiger partial charge in [-0.3, -0.25) is 0 Å². The smallest absolute Gasteiger partial charge is 0.149 e. The Hall–Kier alpha value is -2.26. The molecule has 0 bridgehead atoms. The van der Waals surface area contributed by atoms with Crippen LogP contribution in [0.2, 0.25) is 0 Å². The molecule has 1 aromatic heterocycles. The van der Waals surface area contributed by atoms with Gasteiger partial charge in [0.25, 0.3) is 0 Å². The molecule has 8 heteroatoms. The molecule has 2 heterocycles. The molecule has 0 amide bonds. The zero-order chi connectivity index (χ0) is 23.8. The minimum atomic E-state index is -0.772. The van der Waals surface area contributed by atoms with Crippen molar-refractivity contribution in [3.63, 3.8) is 0 Å². The van der Waals surface area contributed by atoms with E-state index in [1.165, 1.54) is 6.20 Å². The predicted molar refractivity (Wildman–Crippen MR) is 133 cm³/mol. The second-order valence-electron chi connectivity index (χ2n) is 9.46. The van der Waals surface area contributed by atoms with Crippen LogP contribution in [-0.2, 0) is 9.47 Å². The van der Waals surface area contributed by atoms with E-state index in [4.69, 9.17) is 9.47 Å². The summed E-state index contributed by atoms with van der Waals surface area (Å²) >= 11 is 0. The van der Waals surface area contributed by atoms with Crippen molar-refractivity contribution in [3.8, 4) is 11.1 Å². The van der Waals surface area contributed by atoms with E-state index in [0.29, 0.717) is 56.1 Å². The lowest BCUT2D eigenvalue weighted by atomic mass is 9.91. The van der Waals surface area contributed by atoms with Crippen LogP contribution in [0.1, 0.15) is 38.5 Å². The zero-order valence-electron chi connectivity index (χ0n) is 20.0. The van der Waals surface area contributed by atoms with Gasteiger partial charge in [0.1, 0.15) is 11.6 Å². The fourth-order valence-electron chi connectivity index (χ4n) is 4.75. The number of anilines is 2. The lowest BCUT2D eigenvalue weighted by Crippen LogP contribution is -2.42. The molecule has 1 saturated carbocycles. The molecule has 7 nitrogen and oxygen atoms in total. The molecule has 1 aliphatic heterocycles. The largest absolute Gasteiger partial charge is 0.388 e. The molecule has 1 saturated heterocycles. The molecule has 0 unspecified atom stereocenters. The highest BCUT2D eigenvalue weighted by molar-refractivity contribution is 5.70. The molecule has 1 aliphatic carbocycles. The maximum atomic E-state index is 14.7. The van der Waals surface area contributed by atoms with Gasteiger partial charge in [0.05, 0.1) is 18.4 Å². The van der Waals surface area contributed by atoms with Gasteiger partial charge in [0, 0.05) is 69.6 Å². The van der Waals surface area contributed by atoms with E-state index in [0.717, 1.165) is 50.1 Å². The zero-order valence-corrected chi connectivity index (χ0v) is 20.0. The summed E-state index contributed by atoms with van der Waals surface area (Å²) in [6, 6.07) is 10.3. The van der Waals surface area contributed by atoms with Crippen LogP contribution < -0.4 is 16.0 Å². The van der Waals surface area contributed by atoms with Crippen molar-refractivity contribution in [2.45, 2.75) is 56.2 Å². The third kappa shape index (κ3) is 6.88. The number of aliphatic hydroxyl groups is 1. The highest BCUT2D eigenvalue weighted by Crippen LogP contribution is 2.29. The van der Waals surface area contributed by atoms with Gasteiger partial charge in [-0.25, -0.2) is 9.37 Å². The first-order valence-electron chi connectivity index (χ1n) is 12.3. The molecule has 2 aromatic rings. The van der Waals surface area contributed by atoms with Crippen LogP contribution in [0.5, 0.6) is 0 Å². The number of rotatable bonds is 10. The SMILES string of the molecule is COCCNC1CCC(Nc2cc(-c3cccc(NCC4(O)CCOCC4)c3)c(F)cn2)CC1. The fraction of sp³-hybridized carbons (Fsp3) is 0.577. The highest BCUT2D eigenvalue weighted by atomic mass is 19.1. The van der Waals surface area contributed by atoms with E-state index in [2.05, 4.69) is 20.9 Å². The van der Waals surface area contributed by atoms with Crippen molar-refractivity contribution in [1.82, 2.24) is 10.3 Å². The van der Waals surface area contributed by atoms with Gasteiger partial charge in [-0.05, 0) is 49.4 Å². The molecule has 0 atom stereocenters. The van der Waals surface area contributed by atoms with Crippen LogP contribution in [0.4, 0.5) is 15.9 Å². The summed E-state index contributed by atoms with van der Waals surface area (Å²) in [6.45, 7) is 3.19. The number of halogens is 1. The normalized spacial score (nSPS) is 22.3. The number of pyridine rings is 1. The number of hydrogen-bond acceptors (Lipinski definition) is 7. The third-order valence-corrected chi connectivity index (χ3v) is 6.89. The van der Waals surface area contributed by atoms with E-state index in [9.17, 15) is 9.50 Å². The lowest BCUT2D eigenvalue weighted by Gasteiger charge is -2.32. The van der Waals surface area contributed by atoms with Gasteiger partial charge in [-0.2, -0.15) is 0 Å². The maximum Gasteiger partial charge on any atom is 0.149 e. The molecule has 34 heavy (non-hydrogen) atoms. The molecule has 2 fully saturated rings. The monoisotopic (exact) mass is 472 g/mol. The summed E-state index contributed by atoms with van der Waals surface area (Å²) in [5.41, 5.74) is 1.37. The summed E-state index contributed by atoms with van der Waals surface area (Å²) in [6.07, 6.45) is 6.81. The van der Waals surface area contributed by atoms with Crippen LogP contribution in [-0.4, -0.2) is 67.8 Å². The van der Waals surface area contributed by atoms with Crippen molar-refractivity contribution < 1.29 is 19.0 Å². The first-order chi connectivity index (χ1) is 16.5. The Morgan fingerprint density at radius 2 is 1.91 bits per heavy atom. The molecule has 2 aliphatic rings. The van der Waals surface area contributed by atoms with Gasteiger partial charge in [-0.15, -0.1) is 0 Å². The summed E-state index contributed by atoms with van der Waals surface area (Å²) in [5.74, 6) is 0.346. The van der Waals surface area contributed by atoms with Gasteiger partial charge < -0.3 is 30.5 Å². The number of nitrogens with zero attached hydrogens (tertiary/aromatic N) is 1. The molecule has 186 valence electrons. The first-order valence-corrected chi connectivity index (χ1v) is 12.3. The Balaban J connectivity index is 1.36. The van der Waals surface area contributed by atoms with Crippen LogP contribution in [0.15, 0.2) is 36.5 Å². The number of benzene rings is 1. The van der Waals surface area contributed by atoms with Crippen molar-refractivity contribution in [3.05, 3.63) is 42.3 Å². The van der Waals surface area contributed by atoms with Gasteiger partial charge in [-0.1, -0.05) is 12.1 Å². The van der Waals surface area contributed by atoms with Crippen LogP contribution in [0.25, 0.3) is 11.1 Å². The first kappa shape index (κ1) is 24.9. The second-order valence-corrected chi connectivity index (χ2v) is 9.46. The van der Waals surface area contributed by atoms with Crippen molar-refractivity contribution in [2.24, 2.45) is 0 Å². The lowest BCUT2D eigenvalue weighted by molar-refractivity contribution is -0.0543. The van der Waals surface area contributed by atoms with Crippen LogP contribution >= 0.6 is 0 Å². The second kappa shape index (κ2) is 11.9. The van der Waals surface area contributed by atoms with Crippen LogP contribution in [0, 0.1) is 5.82 Å². The third-order valence-electron chi connectivity index (χ3n) is 6.89. The maximum absolute atomic E-state index is 14.7. The number of methoxy groups -OCH3 is 1. The van der Waals surface area contributed by atoms with Gasteiger partial charge in [0.15, 0.2) is 0 Å². The van der Waals surface area contributed by atoms with E-state index >= 15 is 0 Å². The summed E-state index contributed by atoms with van der Waals surface area (Å²) in [5, 5.41) is 21.1.